The maximum Gasteiger partial charge on any atom is 0.256 e. The van der Waals surface area contributed by atoms with Crippen LogP contribution >= 0.6 is 23.2 Å². The summed E-state index contributed by atoms with van der Waals surface area (Å²) in [5.74, 6) is 0.125. The van der Waals surface area contributed by atoms with Gasteiger partial charge in [0.2, 0.25) is 0 Å². The van der Waals surface area contributed by atoms with Gasteiger partial charge in [0.05, 0.1) is 10.0 Å². The minimum atomic E-state index is -0.292. The molecule has 0 aliphatic carbocycles. The molecule has 1 aromatic heterocycles. The van der Waals surface area contributed by atoms with Gasteiger partial charge in [0.15, 0.2) is 0 Å². The van der Waals surface area contributed by atoms with E-state index in [1.54, 1.807) is 25.1 Å². The Labute approximate surface area is 114 Å². The Morgan fingerprint density at radius 3 is 2.50 bits per heavy atom. The van der Waals surface area contributed by atoms with Gasteiger partial charge in [-0.3, -0.25) is 4.79 Å². The molecule has 0 aliphatic heterocycles. The lowest BCUT2D eigenvalue weighted by molar-refractivity contribution is 0.0962. The Balaban J connectivity index is 2.69. The first kappa shape index (κ1) is 12.9. The lowest BCUT2D eigenvalue weighted by atomic mass is 10.1. The van der Waals surface area contributed by atoms with Crippen LogP contribution in [0.4, 0.5) is 0 Å². The summed E-state index contributed by atoms with van der Waals surface area (Å²) in [5, 5.41) is 7.24. The fourth-order valence-corrected chi connectivity index (χ4v) is 2.24. The zero-order valence-corrected chi connectivity index (χ0v) is 11.3. The second kappa shape index (κ2) is 5.00. The molecule has 6 heteroatoms. The third-order valence-electron chi connectivity index (χ3n) is 2.52. The molecular formula is C12H10Cl2N2O2. The molecule has 2 rings (SSSR count). The topological polar surface area (TPSA) is 55.1 Å². The summed E-state index contributed by atoms with van der Waals surface area (Å²) in [5.41, 5.74) is 1.19. The SMILES string of the molecule is CNC(=O)c1c(-c2c(Cl)cccc2Cl)noc1C. The van der Waals surface area contributed by atoms with Crippen LogP contribution in [0.3, 0.4) is 0 Å². The van der Waals surface area contributed by atoms with Crippen LogP contribution in [0.15, 0.2) is 22.7 Å². The number of nitrogens with one attached hydrogen (secondary N) is 1. The molecule has 0 spiro atoms. The van der Waals surface area contributed by atoms with Crippen LogP contribution in [-0.2, 0) is 0 Å². The number of rotatable bonds is 2. The van der Waals surface area contributed by atoms with E-state index in [0.717, 1.165) is 0 Å². The summed E-state index contributed by atoms with van der Waals surface area (Å²) in [7, 11) is 1.53. The number of aromatic nitrogens is 1. The number of carbonyl (C=O) groups is 1. The molecule has 1 aromatic carbocycles. The van der Waals surface area contributed by atoms with Crippen LogP contribution in [0.5, 0.6) is 0 Å². The fraction of sp³-hybridized carbons (Fsp3) is 0.167. The zero-order valence-electron chi connectivity index (χ0n) is 9.75. The predicted octanol–water partition coefficient (Wildman–Crippen LogP) is 3.32. The van der Waals surface area contributed by atoms with E-state index < -0.39 is 0 Å². The van der Waals surface area contributed by atoms with Crippen molar-refractivity contribution in [2.75, 3.05) is 7.05 Å². The van der Waals surface area contributed by atoms with Gasteiger partial charge in [-0.1, -0.05) is 34.4 Å². The van der Waals surface area contributed by atoms with Crippen molar-refractivity contribution in [1.82, 2.24) is 10.5 Å². The van der Waals surface area contributed by atoms with E-state index in [-0.39, 0.29) is 5.91 Å². The van der Waals surface area contributed by atoms with Crippen LogP contribution in [0.1, 0.15) is 16.1 Å². The van der Waals surface area contributed by atoms with E-state index in [0.29, 0.717) is 32.6 Å². The summed E-state index contributed by atoms with van der Waals surface area (Å²) in [6, 6.07) is 5.08. The highest BCUT2D eigenvalue weighted by Gasteiger charge is 2.23. The molecule has 1 amide bonds. The number of hydrogen-bond acceptors (Lipinski definition) is 3. The largest absolute Gasteiger partial charge is 0.360 e. The van der Waals surface area contributed by atoms with Crippen molar-refractivity contribution in [1.29, 1.82) is 0 Å². The molecule has 0 fully saturated rings. The van der Waals surface area contributed by atoms with Crippen LogP contribution in [0.25, 0.3) is 11.3 Å². The molecule has 0 unspecified atom stereocenters. The van der Waals surface area contributed by atoms with E-state index in [2.05, 4.69) is 10.5 Å². The van der Waals surface area contributed by atoms with E-state index >= 15 is 0 Å². The van der Waals surface area contributed by atoms with Crippen molar-refractivity contribution in [3.63, 3.8) is 0 Å². The number of amides is 1. The molecule has 0 aliphatic rings. The third kappa shape index (κ3) is 2.09. The Hall–Kier alpha value is -1.52. The molecule has 1 N–H and O–H groups in total. The molecule has 0 atom stereocenters. The van der Waals surface area contributed by atoms with Gasteiger partial charge in [-0.2, -0.15) is 0 Å². The van der Waals surface area contributed by atoms with E-state index in [1.807, 2.05) is 0 Å². The smallest absolute Gasteiger partial charge is 0.256 e. The van der Waals surface area contributed by atoms with Crippen molar-refractivity contribution >= 4 is 29.1 Å². The minimum Gasteiger partial charge on any atom is -0.360 e. The summed E-state index contributed by atoms with van der Waals surface area (Å²) < 4.78 is 5.05. The summed E-state index contributed by atoms with van der Waals surface area (Å²) in [4.78, 5) is 11.8. The predicted molar refractivity (Wildman–Crippen MR) is 70.1 cm³/mol. The first-order chi connectivity index (χ1) is 8.56. The molecule has 0 saturated heterocycles. The lowest BCUT2D eigenvalue weighted by Gasteiger charge is -2.05. The Morgan fingerprint density at radius 1 is 1.33 bits per heavy atom. The quantitative estimate of drug-likeness (QED) is 0.920. The van der Waals surface area contributed by atoms with Crippen molar-refractivity contribution in [3.8, 4) is 11.3 Å². The van der Waals surface area contributed by atoms with Gasteiger partial charge in [-0.05, 0) is 19.1 Å². The number of benzene rings is 1. The number of nitrogens with zero attached hydrogens (tertiary/aromatic N) is 1. The van der Waals surface area contributed by atoms with E-state index in [4.69, 9.17) is 27.7 Å². The van der Waals surface area contributed by atoms with Crippen molar-refractivity contribution in [3.05, 3.63) is 39.6 Å². The van der Waals surface area contributed by atoms with Gasteiger partial charge >= 0.3 is 0 Å². The van der Waals surface area contributed by atoms with Crippen molar-refractivity contribution in [2.45, 2.75) is 6.92 Å². The molecule has 0 radical (unpaired) electrons. The van der Waals surface area contributed by atoms with Gasteiger partial charge < -0.3 is 9.84 Å². The fourth-order valence-electron chi connectivity index (χ4n) is 1.66. The molecule has 4 nitrogen and oxygen atoms in total. The Kier molecular flexibility index (Phi) is 3.59. The second-order valence-corrected chi connectivity index (χ2v) is 4.45. The number of carbonyl (C=O) groups excluding carboxylic acids is 1. The first-order valence-electron chi connectivity index (χ1n) is 5.19. The summed E-state index contributed by atoms with van der Waals surface area (Å²) in [6.07, 6.45) is 0. The van der Waals surface area contributed by atoms with Gasteiger partial charge in [-0.15, -0.1) is 0 Å². The Morgan fingerprint density at radius 2 is 1.94 bits per heavy atom. The molecule has 2 aromatic rings. The molecular weight excluding hydrogens is 275 g/mol. The van der Waals surface area contributed by atoms with E-state index in [1.165, 1.54) is 7.05 Å². The van der Waals surface area contributed by atoms with Crippen LogP contribution in [0.2, 0.25) is 10.0 Å². The van der Waals surface area contributed by atoms with Gasteiger partial charge in [0, 0.05) is 12.6 Å². The van der Waals surface area contributed by atoms with Gasteiger partial charge in [-0.25, -0.2) is 0 Å². The minimum absolute atomic E-state index is 0.292. The van der Waals surface area contributed by atoms with Crippen LogP contribution in [0, 0.1) is 6.92 Å². The Bertz CT molecular complexity index is 588. The first-order valence-corrected chi connectivity index (χ1v) is 5.94. The molecule has 0 saturated carbocycles. The average Bonchev–Trinajstić information content (AvgIpc) is 2.70. The number of hydrogen-bond donors (Lipinski definition) is 1. The monoisotopic (exact) mass is 284 g/mol. The maximum atomic E-state index is 11.8. The van der Waals surface area contributed by atoms with Crippen molar-refractivity contribution < 1.29 is 9.32 Å². The number of halogens is 2. The van der Waals surface area contributed by atoms with Crippen molar-refractivity contribution in [2.24, 2.45) is 0 Å². The second-order valence-electron chi connectivity index (χ2n) is 3.64. The van der Waals surface area contributed by atoms with E-state index in [9.17, 15) is 4.79 Å². The molecule has 1 heterocycles. The molecule has 18 heavy (non-hydrogen) atoms. The summed E-state index contributed by atoms with van der Waals surface area (Å²) >= 11 is 12.2. The highest BCUT2D eigenvalue weighted by molar-refractivity contribution is 6.39. The third-order valence-corrected chi connectivity index (χ3v) is 3.15. The maximum absolute atomic E-state index is 11.8. The number of aryl methyl sites for hydroxylation is 1. The normalized spacial score (nSPS) is 10.4. The van der Waals surface area contributed by atoms with Gasteiger partial charge in [0.1, 0.15) is 17.0 Å². The van der Waals surface area contributed by atoms with Crippen LogP contribution in [-0.4, -0.2) is 18.1 Å². The highest BCUT2D eigenvalue weighted by atomic mass is 35.5. The molecule has 0 bridgehead atoms. The summed E-state index contributed by atoms with van der Waals surface area (Å²) in [6.45, 7) is 1.66. The average molecular weight is 285 g/mol. The van der Waals surface area contributed by atoms with Crippen LogP contribution < -0.4 is 5.32 Å². The lowest BCUT2D eigenvalue weighted by Crippen LogP contribution is -2.19. The van der Waals surface area contributed by atoms with Gasteiger partial charge in [0.25, 0.3) is 5.91 Å². The standard InChI is InChI=1S/C12H10Cl2N2O2/c1-6-9(12(17)15-2)11(16-18-6)10-7(13)4-3-5-8(10)14/h3-5H,1-2H3,(H,15,17). The highest BCUT2D eigenvalue weighted by Crippen LogP contribution is 2.36. The zero-order chi connectivity index (χ0) is 13.3. The molecule has 94 valence electrons.